The Morgan fingerprint density at radius 1 is 1.04 bits per heavy atom. The Morgan fingerprint density at radius 3 is 2.56 bits per heavy atom. The highest BCUT2D eigenvalue weighted by Gasteiger charge is 2.30. The largest absolute Gasteiger partial charge is 0.416 e. The first-order valence-electron chi connectivity index (χ1n) is 7.81. The summed E-state index contributed by atoms with van der Waals surface area (Å²) in [5.74, 6) is 0.795. The summed E-state index contributed by atoms with van der Waals surface area (Å²) < 4.78 is 5.77. The van der Waals surface area contributed by atoms with E-state index in [4.69, 9.17) is 27.6 Å². The van der Waals surface area contributed by atoms with Gasteiger partial charge in [0.2, 0.25) is 17.7 Å². The standard InChI is InChI=1S/C18H13Cl2N3O2/c19-13-8-7-11(9-14(13)20)17-22-23-18(25-17)12-3-1-2-4-15(12)21-16(24)10-5-6-10/h1-4,7-10H,5-6H2,(H,21,24). The van der Waals surface area contributed by atoms with Crippen LogP contribution in [-0.2, 0) is 4.79 Å². The Kier molecular flexibility index (Phi) is 4.19. The number of hydrogen-bond acceptors (Lipinski definition) is 4. The normalized spacial score (nSPS) is 13.7. The zero-order valence-corrected chi connectivity index (χ0v) is 14.5. The topological polar surface area (TPSA) is 68.0 Å². The van der Waals surface area contributed by atoms with Crippen molar-refractivity contribution >= 4 is 34.8 Å². The lowest BCUT2D eigenvalue weighted by atomic mass is 10.1. The minimum atomic E-state index is 0.0247. The van der Waals surface area contributed by atoms with E-state index in [0.717, 1.165) is 12.8 Å². The van der Waals surface area contributed by atoms with Gasteiger partial charge in [0.05, 0.1) is 21.3 Å². The molecule has 5 nitrogen and oxygen atoms in total. The lowest BCUT2D eigenvalue weighted by Gasteiger charge is -2.07. The number of para-hydroxylation sites is 1. The number of hydrogen-bond donors (Lipinski definition) is 1. The van der Waals surface area contributed by atoms with Crippen LogP contribution in [-0.4, -0.2) is 16.1 Å². The number of anilines is 1. The van der Waals surface area contributed by atoms with Crippen LogP contribution < -0.4 is 5.32 Å². The van der Waals surface area contributed by atoms with Crippen LogP contribution in [0.3, 0.4) is 0 Å². The Labute approximate surface area is 154 Å². The van der Waals surface area contributed by atoms with Gasteiger partial charge >= 0.3 is 0 Å². The summed E-state index contributed by atoms with van der Waals surface area (Å²) in [6.07, 6.45) is 1.88. The van der Waals surface area contributed by atoms with E-state index in [2.05, 4.69) is 15.5 Å². The SMILES string of the molecule is O=C(Nc1ccccc1-c1nnc(-c2ccc(Cl)c(Cl)c2)o1)C1CC1. The fraction of sp³-hybridized carbons (Fsp3) is 0.167. The predicted octanol–water partition coefficient (Wildman–Crippen LogP) is 5.06. The minimum Gasteiger partial charge on any atom is -0.416 e. The molecule has 0 atom stereocenters. The van der Waals surface area contributed by atoms with Gasteiger partial charge in [-0.15, -0.1) is 10.2 Å². The quantitative estimate of drug-likeness (QED) is 0.693. The van der Waals surface area contributed by atoms with Crippen molar-refractivity contribution < 1.29 is 9.21 Å². The van der Waals surface area contributed by atoms with Gasteiger partial charge in [-0.05, 0) is 43.2 Å². The third kappa shape index (κ3) is 3.38. The number of halogens is 2. The molecule has 0 aliphatic heterocycles. The maximum Gasteiger partial charge on any atom is 0.250 e. The average molecular weight is 374 g/mol. The van der Waals surface area contributed by atoms with Gasteiger partial charge in [-0.1, -0.05) is 35.3 Å². The maximum atomic E-state index is 12.0. The van der Waals surface area contributed by atoms with E-state index in [9.17, 15) is 4.79 Å². The van der Waals surface area contributed by atoms with E-state index in [0.29, 0.717) is 38.6 Å². The highest BCUT2D eigenvalue weighted by molar-refractivity contribution is 6.42. The summed E-state index contributed by atoms with van der Waals surface area (Å²) in [6.45, 7) is 0. The van der Waals surface area contributed by atoms with Crippen molar-refractivity contribution in [3.05, 3.63) is 52.5 Å². The van der Waals surface area contributed by atoms with Gasteiger partial charge in [0.1, 0.15) is 0 Å². The van der Waals surface area contributed by atoms with Crippen molar-refractivity contribution in [2.24, 2.45) is 5.92 Å². The summed E-state index contributed by atoms with van der Waals surface area (Å²) in [5, 5.41) is 12.0. The molecule has 1 aromatic heterocycles. The second-order valence-corrected chi connectivity index (χ2v) is 6.66. The predicted molar refractivity (Wildman–Crippen MR) is 96.5 cm³/mol. The van der Waals surface area contributed by atoms with Gasteiger partial charge in [-0.2, -0.15) is 0 Å². The molecule has 126 valence electrons. The number of carbonyl (C=O) groups is 1. The van der Waals surface area contributed by atoms with Crippen molar-refractivity contribution in [1.29, 1.82) is 0 Å². The van der Waals surface area contributed by atoms with Crippen LogP contribution in [0, 0.1) is 5.92 Å². The highest BCUT2D eigenvalue weighted by Crippen LogP contribution is 2.34. The third-order valence-electron chi connectivity index (χ3n) is 3.96. The Bertz CT molecular complexity index is 951. The monoisotopic (exact) mass is 373 g/mol. The molecule has 1 fully saturated rings. The maximum absolute atomic E-state index is 12.0. The molecule has 1 N–H and O–H groups in total. The molecule has 0 bridgehead atoms. The number of carbonyl (C=O) groups excluding carboxylic acids is 1. The Hall–Kier alpha value is -2.37. The number of rotatable bonds is 4. The summed E-state index contributed by atoms with van der Waals surface area (Å²) in [7, 11) is 0. The van der Waals surface area contributed by atoms with Crippen LogP contribution in [0.4, 0.5) is 5.69 Å². The fourth-order valence-corrected chi connectivity index (χ4v) is 2.73. The zero-order valence-electron chi connectivity index (χ0n) is 13.0. The number of nitrogens with zero attached hydrogens (tertiary/aromatic N) is 2. The van der Waals surface area contributed by atoms with Gasteiger partial charge in [0, 0.05) is 11.5 Å². The first-order chi connectivity index (χ1) is 12.1. The summed E-state index contributed by atoms with van der Waals surface area (Å²) in [6, 6.07) is 12.4. The molecule has 1 saturated carbocycles. The first-order valence-corrected chi connectivity index (χ1v) is 8.56. The molecule has 0 spiro atoms. The lowest BCUT2D eigenvalue weighted by Crippen LogP contribution is -2.13. The van der Waals surface area contributed by atoms with Gasteiger partial charge in [-0.25, -0.2) is 0 Å². The molecule has 2 aromatic carbocycles. The molecule has 3 aromatic rings. The Morgan fingerprint density at radius 2 is 1.80 bits per heavy atom. The molecule has 25 heavy (non-hydrogen) atoms. The van der Waals surface area contributed by atoms with Crippen LogP contribution in [0.15, 0.2) is 46.9 Å². The molecule has 1 amide bonds. The van der Waals surface area contributed by atoms with E-state index in [1.807, 2.05) is 24.3 Å². The second kappa shape index (κ2) is 6.50. The number of aromatic nitrogens is 2. The van der Waals surface area contributed by atoms with Crippen LogP contribution in [0.1, 0.15) is 12.8 Å². The molecular weight excluding hydrogens is 361 g/mol. The molecule has 0 saturated heterocycles. The van der Waals surface area contributed by atoms with Crippen molar-refractivity contribution in [1.82, 2.24) is 10.2 Å². The highest BCUT2D eigenvalue weighted by atomic mass is 35.5. The van der Waals surface area contributed by atoms with Gasteiger partial charge in [0.15, 0.2) is 0 Å². The third-order valence-corrected chi connectivity index (χ3v) is 4.69. The molecule has 0 unspecified atom stereocenters. The summed E-state index contributed by atoms with van der Waals surface area (Å²) in [4.78, 5) is 12.0. The average Bonchev–Trinajstić information content (AvgIpc) is 3.36. The van der Waals surface area contributed by atoms with Crippen LogP contribution >= 0.6 is 23.2 Å². The lowest BCUT2D eigenvalue weighted by molar-refractivity contribution is -0.117. The van der Waals surface area contributed by atoms with Crippen LogP contribution in [0.25, 0.3) is 22.9 Å². The van der Waals surface area contributed by atoms with Gasteiger partial charge < -0.3 is 9.73 Å². The zero-order chi connectivity index (χ0) is 17.4. The van der Waals surface area contributed by atoms with Crippen molar-refractivity contribution in [2.45, 2.75) is 12.8 Å². The Balaban J connectivity index is 1.65. The minimum absolute atomic E-state index is 0.0247. The van der Waals surface area contributed by atoms with Crippen molar-refractivity contribution in [3.63, 3.8) is 0 Å². The van der Waals surface area contributed by atoms with Crippen molar-refractivity contribution in [3.8, 4) is 22.9 Å². The van der Waals surface area contributed by atoms with E-state index in [1.54, 1.807) is 18.2 Å². The fourth-order valence-electron chi connectivity index (χ4n) is 2.44. The van der Waals surface area contributed by atoms with Gasteiger partial charge in [-0.3, -0.25) is 4.79 Å². The molecule has 1 heterocycles. The second-order valence-electron chi connectivity index (χ2n) is 5.85. The molecule has 7 heteroatoms. The summed E-state index contributed by atoms with van der Waals surface area (Å²) >= 11 is 12.0. The van der Waals surface area contributed by atoms with Crippen LogP contribution in [0.2, 0.25) is 10.0 Å². The molecule has 1 aliphatic rings. The van der Waals surface area contributed by atoms with Gasteiger partial charge in [0.25, 0.3) is 0 Å². The molecule has 4 rings (SSSR count). The molecule has 0 radical (unpaired) electrons. The van der Waals surface area contributed by atoms with E-state index >= 15 is 0 Å². The molecule has 1 aliphatic carbocycles. The van der Waals surface area contributed by atoms with Crippen LogP contribution in [0.5, 0.6) is 0 Å². The number of benzene rings is 2. The van der Waals surface area contributed by atoms with Crippen molar-refractivity contribution in [2.75, 3.05) is 5.32 Å². The van der Waals surface area contributed by atoms with E-state index in [-0.39, 0.29) is 11.8 Å². The summed E-state index contributed by atoms with van der Waals surface area (Å²) in [5.41, 5.74) is 2.01. The molecular formula is C18H13Cl2N3O2. The first kappa shape index (κ1) is 16.1. The van der Waals surface area contributed by atoms with E-state index < -0.39 is 0 Å². The number of amides is 1. The smallest absolute Gasteiger partial charge is 0.250 e. The number of nitrogens with one attached hydrogen (secondary N) is 1. The van der Waals surface area contributed by atoms with E-state index in [1.165, 1.54) is 0 Å².